The van der Waals surface area contributed by atoms with Crippen molar-refractivity contribution >= 4 is 5.91 Å². The number of amides is 1. The molecule has 1 unspecified atom stereocenters. The van der Waals surface area contributed by atoms with Gasteiger partial charge in [-0.3, -0.25) is 4.79 Å². The number of hydrogen-bond donors (Lipinski definition) is 2. The van der Waals surface area contributed by atoms with Crippen LogP contribution in [0, 0.1) is 5.92 Å². The fourth-order valence-corrected chi connectivity index (χ4v) is 2.69. The van der Waals surface area contributed by atoms with E-state index >= 15 is 0 Å². The first-order valence-corrected chi connectivity index (χ1v) is 8.35. The third kappa shape index (κ3) is 5.68. The molecule has 4 nitrogen and oxygen atoms in total. The van der Waals surface area contributed by atoms with Gasteiger partial charge in [-0.2, -0.15) is 0 Å². The number of carbonyl (C=O) groups is 1. The van der Waals surface area contributed by atoms with Gasteiger partial charge in [-0.25, -0.2) is 0 Å². The molecule has 1 aliphatic rings. The zero-order chi connectivity index (χ0) is 15.8. The highest BCUT2D eigenvalue weighted by atomic mass is 16.5. The van der Waals surface area contributed by atoms with Crippen molar-refractivity contribution in [2.75, 3.05) is 26.2 Å². The predicted octanol–water partition coefficient (Wildman–Crippen LogP) is 2.69. The lowest BCUT2D eigenvalue weighted by molar-refractivity contribution is -0.121. The number of rotatable bonds is 8. The molecule has 2 N–H and O–H groups in total. The molecule has 1 aliphatic heterocycles. The van der Waals surface area contributed by atoms with Crippen LogP contribution in [0.15, 0.2) is 24.3 Å². The van der Waals surface area contributed by atoms with Crippen LogP contribution in [0.3, 0.4) is 0 Å². The minimum Gasteiger partial charge on any atom is -0.492 e. The van der Waals surface area contributed by atoms with Gasteiger partial charge >= 0.3 is 0 Å². The van der Waals surface area contributed by atoms with Crippen LogP contribution < -0.4 is 15.4 Å². The maximum atomic E-state index is 11.7. The summed E-state index contributed by atoms with van der Waals surface area (Å²) in [6.45, 7) is 7.57. The predicted molar refractivity (Wildman–Crippen MR) is 89.2 cm³/mol. The van der Waals surface area contributed by atoms with Crippen LogP contribution in [0.2, 0.25) is 0 Å². The van der Waals surface area contributed by atoms with E-state index in [0.29, 0.717) is 31.4 Å². The molecule has 1 aromatic rings. The summed E-state index contributed by atoms with van der Waals surface area (Å²) in [5.74, 6) is 2.19. The summed E-state index contributed by atoms with van der Waals surface area (Å²) >= 11 is 0. The molecule has 4 heteroatoms. The molecule has 0 saturated carbocycles. The van der Waals surface area contributed by atoms with Crippen LogP contribution in [0.5, 0.6) is 5.75 Å². The minimum atomic E-state index is 0.130. The Kier molecular flexibility index (Phi) is 6.72. The minimum absolute atomic E-state index is 0.130. The summed E-state index contributed by atoms with van der Waals surface area (Å²) in [5.41, 5.74) is 1.31. The second-order valence-corrected chi connectivity index (χ2v) is 6.32. The first-order valence-electron chi connectivity index (χ1n) is 8.35. The monoisotopic (exact) mass is 304 g/mol. The van der Waals surface area contributed by atoms with Gasteiger partial charge in [0.15, 0.2) is 0 Å². The van der Waals surface area contributed by atoms with E-state index in [1.54, 1.807) is 0 Å². The smallest absolute Gasteiger partial charge is 0.220 e. The lowest BCUT2D eigenvalue weighted by Crippen LogP contribution is -2.28. The molecule has 0 spiro atoms. The van der Waals surface area contributed by atoms with Crippen molar-refractivity contribution < 1.29 is 9.53 Å². The molecule has 0 aromatic heterocycles. The highest BCUT2D eigenvalue weighted by Crippen LogP contribution is 2.18. The maximum absolute atomic E-state index is 11.7. The molecule has 0 aliphatic carbocycles. The summed E-state index contributed by atoms with van der Waals surface area (Å²) in [5, 5.41) is 6.25. The highest BCUT2D eigenvalue weighted by molar-refractivity contribution is 5.75. The van der Waals surface area contributed by atoms with Crippen molar-refractivity contribution in [2.24, 2.45) is 5.92 Å². The molecule has 1 aromatic carbocycles. The zero-order valence-corrected chi connectivity index (χ0v) is 13.7. The Morgan fingerprint density at radius 2 is 2.14 bits per heavy atom. The maximum Gasteiger partial charge on any atom is 0.220 e. The molecule has 122 valence electrons. The quantitative estimate of drug-likeness (QED) is 0.726. The van der Waals surface area contributed by atoms with Gasteiger partial charge in [-0.15, -0.1) is 0 Å². The molecule has 1 heterocycles. The molecule has 2 rings (SSSR count). The lowest BCUT2D eigenvalue weighted by atomic mass is 10.0. The molecular formula is C18H28N2O2. The molecular weight excluding hydrogens is 276 g/mol. The standard InChI is InChI=1S/C18H28N2O2/c1-14(2)16-4-6-17(7-5-16)22-12-11-20-18(21)8-3-15-9-10-19-13-15/h4-7,14-15,19H,3,8-13H2,1-2H3,(H,20,21). The number of carbonyl (C=O) groups excluding carboxylic acids is 1. The number of hydrogen-bond acceptors (Lipinski definition) is 3. The topological polar surface area (TPSA) is 50.4 Å². The van der Waals surface area contributed by atoms with E-state index in [1.165, 1.54) is 12.0 Å². The van der Waals surface area contributed by atoms with Crippen LogP contribution in [0.1, 0.15) is 44.6 Å². The van der Waals surface area contributed by atoms with Gasteiger partial charge in [-0.1, -0.05) is 26.0 Å². The fraction of sp³-hybridized carbons (Fsp3) is 0.611. The van der Waals surface area contributed by atoms with E-state index in [9.17, 15) is 4.79 Å². The summed E-state index contributed by atoms with van der Waals surface area (Å²) in [7, 11) is 0. The van der Waals surface area contributed by atoms with E-state index in [-0.39, 0.29) is 5.91 Å². The SMILES string of the molecule is CC(C)c1ccc(OCCNC(=O)CCC2CCNC2)cc1. The third-order valence-corrected chi connectivity index (χ3v) is 4.18. The van der Waals surface area contributed by atoms with Crippen molar-refractivity contribution in [2.45, 2.75) is 39.0 Å². The average Bonchev–Trinajstić information content (AvgIpc) is 3.03. The molecule has 0 radical (unpaired) electrons. The van der Waals surface area contributed by atoms with Crippen LogP contribution in [-0.4, -0.2) is 32.1 Å². The summed E-state index contributed by atoms with van der Waals surface area (Å²) < 4.78 is 5.64. The van der Waals surface area contributed by atoms with Crippen LogP contribution in [-0.2, 0) is 4.79 Å². The zero-order valence-electron chi connectivity index (χ0n) is 13.7. The highest BCUT2D eigenvalue weighted by Gasteiger charge is 2.15. The van der Waals surface area contributed by atoms with Gasteiger partial charge in [0.1, 0.15) is 12.4 Å². The number of benzene rings is 1. The Balaban J connectivity index is 1.57. The third-order valence-electron chi connectivity index (χ3n) is 4.18. The molecule has 0 bridgehead atoms. The number of nitrogens with one attached hydrogen (secondary N) is 2. The summed E-state index contributed by atoms with van der Waals surface area (Å²) in [4.78, 5) is 11.7. The van der Waals surface area contributed by atoms with Crippen LogP contribution >= 0.6 is 0 Å². The largest absolute Gasteiger partial charge is 0.492 e. The van der Waals surface area contributed by atoms with E-state index in [2.05, 4.69) is 36.6 Å². The van der Waals surface area contributed by atoms with Crippen molar-refractivity contribution in [3.05, 3.63) is 29.8 Å². The van der Waals surface area contributed by atoms with E-state index in [1.807, 2.05) is 12.1 Å². The Labute approximate surface area is 133 Å². The normalized spacial score (nSPS) is 17.7. The number of ether oxygens (including phenoxy) is 1. The molecule has 22 heavy (non-hydrogen) atoms. The van der Waals surface area contributed by atoms with Gasteiger partial charge in [0.25, 0.3) is 0 Å². The second-order valence-electron chi connectivity index (χ2n) is 6.32. The Morgan fingerprint density at radius 1 is 1.36 bits per heavy atom. The average molecular weight is 304 g/mol. The second kappa shape index (κ2) is 8.79. The van der Waals surface area contributed by atoms with E-state index < -0.39 is 0 Å². The van der Waals surface area contributed by atoms with Gasteiger partial charge in [0.05, 0.1) is 6.54 Å². The lowest BCUT2D eigenvalue weighted by Gasteiger charge is -2.10. The van der Waals surface area contributed by atoms with Crippen LogP contribution in [0.25, 0.3) is 0 Å². The van der Waals surface area contributed by atoms with Crippen molar-refractivity contribution in [1.82, 2.24) is 10.6 Å². The molecule has 1 amide bonds. The Morgan fingerprint density at radius 3 is 2.77 bits per heavy atom. The van der Waals surface area contributed by atoms with E-state index in [0.717, 1.165) is 25.3 Å². The van der Waals surface area contributed by atoms with Crippen molar-refractivity contribution in [1.29, 1.82) is 0 Å². The first kappa shape index (κ1) is 16.8. The Bertz CT molecular complexity index is 451. The summed E-state index contributed by atoms with van der Waals surface area (Å²) in [6.07, 6.45) is 2.80. The molecule has 1 atom stereocenters. The van der Waals surface area contributed by atoms with Gasteiger partial charge < -0.3 is 15.4 Å². The van der Waals surface area contributed by atoms with Crippen molar-refractivity contribution in [3.8, 4) is 5.75 Å². The molecule has 1 saturated heterocycles. The van der Waals surface area contributed by atoms with Gasteiger partial charge in [0, 0.05) is 6.42 Å². The summed E-state index contributed by atoms with van der Waals surface area (Å²) in [6, 6.07) is 8.16. The molecule has 1 fully saturated rings. The van der Waals surface area contributed by atoms with E-state index in [4.69, 9.17) is 4.74 Å². The van der Waals surface area contributed by atoms with Gasteiger partial charge in [-0.05, 0) is 55.5 Å². The Hall–Kier alpha value is -1.55. The first-order chi connectivity index (χ1) is 10.6. The van der Waals surface area contributed by atoms with Gasteiger partial charge in [0.2, 0.25) is 5.91 Å². The van der Waals surface area contributed by atoms with Crippen molar-refractivity contribution in [3.63, 3.8) is 0 Å². The van der Waals surface area contributed by atoms with Crippen LogP contribution in [0.4, 0.5) is 0 Å². The fourth-order valence-electron chi connectivity index (χ4n) is 2.69.